The minimum Gasteiger partial charge on any atom is -0.469 e. The maximum atomic E-state index is 13.3. The molecule has 3 aliphatic rings. The predicted molar refractivity (Wildman–Crippen MR) is 124 cm³/mol. The SMILES string of the molecule is COC(=O)[C@@H]1[C@@H]([C@H]2N(c3ccccc3)C[C@@H]3CCCN32)[C@H](C(=O)OC)N[C@@H]1c1ccccc1. The molecule has 3 heterocycles. The van der Waals surface area contributed by atoms with Crippen molar-refractivity contribution < 1.29 is 19.1 Å². The molecule has 2 aromatic rings. The van der Waals surface area contributed by atoms with E-state index < -0.39 is 12.0 Å². The zero-order chi connectivity index (χ0) is 22.9. The number of carbonyl (C=O) groups is 2. The third-order valence-corrected chi connectivity index (χ3v) is 7.53. The predicted octanol–water partition coefficient (Wildman–Crippen LogP) is 2.59. The fourth-order valence-corrected chi connectivity index (χ4v) is 6.16. The van der Waals surface area contributed by atoms with Gasteiger partial charge in [-0.05, 0) is 30.5 Å². The highest BCUT2D eigenvalue weighted by Crippen LogP contribution is 2.47. The highest BCUT2D eigenvalue weighted by atomic mass is 16.5. The molecule has 0 unspecified atom stereocenters. The number of rotatable bonds is 5. The summed E-state index contributed by atoms with van der Waals surface area (Å²) in [6.45, 7) is 1.83. The van der Waals surface area contributed by atoms with Gasteiger partial charge in [-0.1, -0.05) is 48.5 Å². The molecule has 7 nitrogen and oxygen atoms in total. The Kier molecular flexibility index (Phi) is 6.08. The zero-order valence-electron chi connectivity index (χ0n) is 19.1. The number of hydrogen-bond acceptors (Lipinski definition) is 7. The van der Waals surface area contributed by atoms with Gasteiger partial charge >= 0.3 is 11.9 Å². The molecule has 0 spiro atoms. The van der Waals surface area contributed by atoms with Gasteiger partial charge < -0.3 is 14.4 Å². The molecule has 6 atom stereocenters. The van der Waals surface area contributed by atoms with Crippen LogP contribution in [0.3, 0.4) is 0 Å². The normalized spacial score (nSPS) is 31.4. The van der Waals surface area contributed by atoms with Gasteiger partial charge in [0.25, 0.3) is 0 Å². The van der Waals surface area contributed by atoms with E-state index in [1.807, 2.05) is 48.5 Å². The first-order valence-corrected chi connectivity index (χ1v) is 11.7. The van der Waals surface area contributed by atoms with Crippen molar-refractivity contribution in [3.8, 4) is 0 Å². The number of benzene rings is 2. The van der Waals surface area contributed by atoms with Crippen molar-refractivity contribution in [1.82, 2.24) is 10.2 Å². The molecule has 5 rings (SSSR count). The second-order valence-corrected chi connectivity index (χ2v) is 9.12. The van der Waals surface area contributed by atoms with Gasteiger partial charge in [0.1, 0.15) is 6.04 Å². The summed E-state index contributed by atoms with van der Waals surface area (Å²) in [7, 11) is 2.83. The molecule has 0 aromatic heterocycles. The Hall–Kier alpha value is -2.90. The van der Waals surface area contributed by atoms with E-state index in [-0.39, 0.29) is 30.1 Å². The van der Waals surface area contributed by atoms with E-state index in [0.29, 0.717) is 6.04 Å². The smallest absolute Gasteiger partial charge is 0.323 e. The standard InChI is InChI=1S/C26H31N3O4/c1-32-25(30)21-20(23(26(31)33-2)27-22(21)17-10-5-3-6-11-17)24-28-15-9-14-19(28)16-29(24)18-12-7-4-8-13-18/h3-8,10-13,19-24,27H,9,14-16H2,1-2H3/t19-,20+,21+,22+,23+,24+/m0/s1. The maximum Gasteiger partial charge on any atom is 0.323 e. The number of nitrogens with one attached hydrogen (secondary N) is 1. The highest BCUT2D eigenvalue weighted by Gasteiger charge is 2.59. The first-order chi connectivity index (χ1) is 16.1. The van der Waals surface area contributed by atoms with Gasteiger partial charge in [0.05, 0.1) is 26.3 Å². The molecule has 33 heavy (non-hydrogen) atoms. The lowest BCUT2D eigenvalue weighted by Gasteiger charge is -2.39. The van der Waals surface area contributed by atoms with Crippen molar-refractivity contribution in [2.24, 2.45) is 11.8 Å². The van der Waals surface area contributed by atoms with Crippen LogP contribution in [-0.2, 0) is 19.1 Å². The second-order valence-electron chi connectivity index (χ2n) is 9.12. The summed E-state index contributed by atoms with van der Waals surface area (Å²) in [6.07, 6.45) is 2.13. The number of para-hydroxylation sites is 1. The number of anilines is 1. The van der Waals surface area contributed by atoms with Crippen LogP contribution < -0.4 is 10.2 Å². The Morgan fingerprint density at radius 1 is 0.939 bits per heavy atom. The van der Waals surface area contributed by atoms with Gasteiger partial charge in [-0.2, -0.15) is 0 Å². The number of nitrogens with zero attached hydrogens (tertiary/aromatic N) is 2. The average molecular weight is 450 g/mol. The number of fused-ring (bicyclic) bond motifs is 1. The summed E-state index contributed by atoms with van der Waals surface area (Å²) >= 11 is 0. The molecular formula is C26H31N3O4. The molecule has 1 N–H and O–H groups in total. The first-order valence-electron chi connectivity index (χ1n) is 11.7. The van der Waals surface area contributed by atoms with Crippen LogP contribution in [0.2, 0.25) is 0 Å². The lowest BCUT2D eigenvalue weighted by Crippen LogP contribution is -2.53. The van der Waals surface area contributed by atoms with Crippen LogP contribution in [-0.4, -0.2) is 62.4 Å². The Labute approximate surface area is 194 Å². The minimum atomic E-state index is -0.625. The van der Waals surface area contributed by atoms with E-state index in [2.05, 4.69) is 27.2 Å². The van der Waals surface area contributed by atoms with Crippen molar-refractivity contribution in [1.29, 1.82) is 0 Å². The average Bonchev–Trinajstić information content (AvgIpc) is 3.57. The third-order valence-electron chi connectivity index (χ3n) is 7.53. The quantitative estimate of drug-likeness (QED) is 0.704. The van der Waals surface area contributed by atoms with Gasteiger partial charge in [-0.25, -0.2) is 0 Å². The number of hydrogen-bond donors (Lipinski definition) is 1. The van der Waals surface area contributed by atoms with Crippen LogP contribution in [0.5, 0.6) is 0 Å². The summed E-state index contributed by atoms with van der Waals surface area (Å²) in [4.78, 5) is 31.2. The molecule has 0 aliphatic carbocycles. The molecule has 2 aromatic carbocycles. The second kappa shape index (κ2) is 9.15. The highest BCUT2D eigenvalue weighted by molar-refractivity contribution is 5.82. The Morgan fingerprint density at radius 2 is 1.61 bits per heavy atom. The molecule has 174 valence electrons. The minimum absolute atomic E-state index is 0.116. The van der Waals surface area contributed by atoms with Crippen LogP contribution in [0.25, 0.3) is 0 Å². The van der Waals surface area contributed by atoms with Gasteiger partial charge in [0.2, 0.25) is 0 Å². The molecule has 0 saturated carbocycles. The van der Waals surface area contributed by atoms with Gasteiger partial charge in [0, 0.05) is 36.8 Å². The van der Waals surface area contributed by atoms with Crippen LogP contribution in [0.15, 0.2) is 60.7 Å². The summed E-state index contributed by atoms with van der Waals surface area (Å²) in [5.41, 5.74) is 2.07. The molecule has 3 saturated heterocycles. The Morgan fingerprint density at radius 3 is 2.27 bits per heavy atom. The van der Waals surface area contributed by atoms with Crippen molar-refractivity contribution in [2.75, 3.05) is 32.2 Å². The molecule has 0 radical (unpaired) electrons. The van der Waals surface area contributed by atoms with Gasteiger partial charge in [0.15, 0.2) is 0 Å². The maximum absolute atomic E-state index is 13.3. The topological polar surface area (TPSA) is 71.1 Å². The molecular weight excluding hydrogens is 418 g/mol. The summed E-state index contributed by atoms with van der Waals surface area (Å²) < 4.78 is 10.6. The molecule has 0 amide bonds. The van der Waals surface area contributed by atoms with Crippen LogP contribution >= 0.6 is 0 Å². The summed E-state index contributed by atoms with van der Waals surface area (Å²) in [6, 6.07) is 19.6. The first kappa shape index (κ1) is 21.9. The molecule has 7 heteroatoms. The number of carbonyl (C=O) groups excluding carboxylic acids is 2. The fraction of sp³-hybridized carbons (Fsp3) is 0.462. The fourth-order valence-electron chi connectivity index (χ4n) is 6.16. The zero-order valence-corrected chi connectivity index (χ0v) is 19.1. The van der Waals surface area contributed by atoms with Crippen LogP contribution in [0.4, 0.5) is 5.69 Å². The van der Waals surface area contributed by atoms with E-state index in [1.54, 1.807) is 0 Å². The summed E-state index contributed by atoms with van der Waals surface area (Å²) in [5, 5.41) is 3.47. The largest absolute Gasteiger partial charge is 0.469 e. The van der Waals surface area contributed by atoms with Crippen LogP contribution in [0.1, 0.15) is 24.4 Å². The summed E-state index contributed by atoms with van der Waals surface area (Å²) in [5.74, 6) is -1.51. The molecule has 0 bridgehead atoms. The monoisotopic (exact) mass is 449 g/mol. The van der Waals surface area contributed by atoms with Crippen molar-refractivity contribution in [2.45, 2.75) is 37.1 Å². The van der Waals surface area contributed by atoms with Gasteiger partial charge in [-0.3, -0.25) is 19.8 Å². The van der Waals surface area contributed by atoms with Crippen LogP contribution in [0, 0.1) is 11.8 Å². The van der Waals surface area contributed by atoms with E-state index in [4.69, 9.17) is 9.47 Å². The van der Waals surface area contributed by atoms with Crippen molar-refractivity contribution in [3.63, 3.8) is 0 Å². The Bertz CT molecular complexity index is 986. The van der Waals surface area contributed by atoms with E-state index >= 15 is 0 Å². The van der Waals surface area contributed by atoms with E-state index in [1.165, 1.54) is 14.2 Å². The van der Waals surface area contributed by atoms with Crippen molar-refractivity contribution in [3.05, 3.63) is 66.2 Å². The number of ether oxygens (including phenoxy) is 2. The lowest BCUT2D eigenvalue weighted by atomic mass is 9.81. The molecule has 3 fully saturated rings. The van der Waals surface area contributed by atoms with E-state index in [0.717, 1.165) is 37.2 Å². The van der Waals surface area contributed by atoms with E-state index in [9.17, 15) is 9.59 Å². The Balaban J connectivity index is 1.62. The number of methoxy groups -OCH3 is 2. The molecule has 3 aliphatic heterocycles. The van der Waals surface area contributed by atoms with Gasteiger partial charge in [-0.15, -0.1) is 0 Å². The third kappa shape index (κ3) is 3.79. The lowest BCUT2D eigenvalue weighted by molar-refractivity contribution is -0.149. The number of esters is 2. The van der Waals surface area contributed by atoms with Crippen molar-refractivity contribution >= 4 is 17.6 Å².